The van der Waals surface area contributed by atoms with Gasteiger partial charge in [-0.25, -0.2) is 4.98 Å². The smallest absolute Gasteiger partial charge is 0.176 e. The summed E-state index contributed by atoms with van der Waals surface area (Å²) in [4.78, 5) is 4.30. The lowest BCUT2D eigenvalue weighted by Crippen LogP contribution is -2.32. The molecule has 0 unspecified atom stereocenters. The summed E-state index contributed by atoms with van der Waals surface area (Å²) >= 11 is 0. The van der Waals surface area contributed by atoms with Gasteiger partial charge in [-0.15, -0.1) is 25.0 Å². The van der Waals surface area contributed by atoms with Crippen LogP contribution in [-0.4, -0.2) is 40.6 Å². The Bertz CT molecular complexity index is 846. The fraction of sp³-hybridized carbons (Fsp3) is 0.533. The molecule has 0 fully saturated rings. The highest BCUT2D eigenvalue weighted by Gasteiger charge is 2.24. The summed E-state index contributed by atoms with van der Waals surface area (Å²) in [6.45, 7) is 7.03. The number of rotatable bonds is 3. The van der Waals surface area contributed by atoms with E-state index in [0.29, 0.717) is 12.0 Å². The Kier molecular flexibility index (Phi) is 3.24. The molecule has 3 aromatic heterocycles. The first-order valence-corrected chi connectivity index (χ1v) is 7.99. The van der Waals surface area contributed by atoms with Gasteiger partial charge in [-0.1, -0.05) is 13.8 Å². The summed E-state index contributed by atoms with van der Waals surface area (Å²) in [6.07, 6.45) is 1.95. The summed E-state index contributed by atoms with van der Waals surface area (Å²) in [5.74, 6) is 4.06. The third kappa shape index (κ3) is 2.54. The van der Waals surface area contributed by atoms with E-state index in [2.05, 4.69) is 49.1 Å². The molecule has 1 N–H and O–H groups in total. The molecule has 0 aromatic carbocycles. The maximum absolute atomic E-state index is 4.48. The first kappa shape index (κ1) is 14.1. The number of nitrogens with one attached hydrogen (secondary N) is 1. The zero-order chi connectivity index (χ0) is 16.0. The molecule has 0 aliphatic carbocycles. The molecule has 120 valence electrons. The van der Waals surface area contributed by atoms with Crippen molar-refractivity contribution in [2.45, 2.75) is 52.1 Å². The van der Waals surface area contributed by atoms with E-state index in [1.165, 1.54) is 0 Å². The van der Waals surface area contributed by atoms with Crippen LogP contribution in [0.1, 0.15) is 43.7 Å². The van der Waals surface area contributed by atoms with Gasteiger partial charge >= 0.3 is 0 Å². The Labute approximate surface area is 133 Å². The second-order valence-electron chi connectivity index (χ2n) is 6.34. The van der Waals surface area contributed by atoms with Crippen LogP contribution in [0.5, 0.6) is 0 Å². The second kappa shape index (κ2) is 5.29. The number of fused-ring (bicyclic) bond motifs is 2. The summed E-state index contributed by atoms with van der Waals surface area (Å²) in [6, 6.07) is 4.20. The third-order valence-electron chi connectivity index (χ3n) is 4.16. The van der Waals surface area contributed by atoms with Gasteiger partial charge < -0.3 is 9.88 Å². The van der Waals surface area contributed by atoms with E-state index >= 15 is 0 Å². The summed E-state index contributed by atoms with van der Waals surface area (Å²) in [5, 5.41) is 20.9. The van der Waals surface area contributed by atoms with E-state index in [9.17, 15) is 0 Å². The number of anilines is 1. The number of aromatic nitrogens is 7. The standard InChI is InChI=1S/C15H20N8/c1-9(2)15-19-18-14-6-4-11(8-22(14)15)17-12-5-7-13-16-10(3)20-23(13)21-12/h5,7,9,11H,4,6,8H2,1-3H3,(H,17,21)/t11-/m0/s1. The van der Waals surface area contributed by atoms with Gasteiger partial charge in [0.25, 0.3) is 0 Å². The lowest BCUT2D eigenvalue weighted by Gasteiger charge is -2.26. The Balaban J connectivity index is 1.55. The lowest BCUT2D eigenvalue weighted by molar-refractivity contribution is 0.458. The maximum atomic E-state index is 4.48. The number of hydrogen-bond donors (Lipinski definition) is 1. The van der Waals surface area contributed by atoms with E-state index in [1.807, 2.05) is 19.1 Å². The van der Waals surface area contributed by atoms with E-state index in [4.69, 9.17) is 0 Å². The van der Waals surface area contributed by atoms with Crippen LogP contribution < -0.4 is 5.32 Å². The fourth-order valence-corrected chi connectivity index (χ4v) is 3.07. The topological polar surface area (TPSA) is 85.8 Å². The molecule has 3 aromatic rings. The molecule has 0 spiro atoms. The van der Waals surface area contributed by atoms with Gasteiger partial charge in [0.15, 0.2) is 5.65 Å². The molecule has 0 saturated heterocycles. The SMILES string of the molecule is Cc1nc2ccc(N[C@H]3CCc4nnc(C(C)C)n4C3)nn2n1. The van der Waals surface area contributed by atoms with Crippen LogP contribution in [0.3, 0.4) is 0 Å². The van der Waals surface area contributed by atoms with Crippen molar-refractivity contribution in [2.24, 2.45) is 0 Å². The van der Waals surface area contributed by atoms with Crippen molar-refractivity contribution in [2.75, 3.05) is 5.32 Å². The minimum Gasteiger partial charge on any atom is -0.364 e. The van der Waals surface area contributed by atoms with Gasteiger partial charge in [-0.05, 0) is 25.5 Å². The molecular formula is C15H20N8. The van der Waals surface area contributed by atoms with Crippen molar-refractivity contribution in [1.82, 2.24) is 34.6 Å². The summed E-state index contributed by atoms with van der Waals surface area (Å²) in [5.41, 5.74) is 0.764. The van der Waals surface area contributed by atoms with Crippen LogP contribution in [-0.2, 0) is 13.0 Å². The maximum Gasteiger partial charge on any atom is 0.176 e. The number of aryl methyl sites for hydroxylation is 2. The molecule has 1 aliphatic heterocycles. The predicted molar refractivity (Wildman–Crippen MR) is 85.4 cm³/mol. The van der Waals surface area contributed by atoms with Crippen molar-refractivity contribution in [3.05, 3.63) is 29.6 Å². The summed E-state index contributed by atoms with van der Waals surface area (Å²) < 4.78 is 3.81. The van der Waals surface area contributed by atoms with E-state index in [0.717, 1.165) is 48.3 Å². The zero-order valence-electron chi connectivity index (χ0n) is 13.6. The quantitative estimate of drug-likeness (QED) is 0.790. The van der Waals surface area contributed by atoms with Crippen molar-refractivity contribution < 1.29 is 0 Å². The van der Waals surface area contributed by atoms with Gasteiger partial charge in [0.05, 0.1) is 0 Å². The van der Waals surface area contributed by atoms with Gasteiger partial charge in [-0.2, -0.15) is 0 Å². The van der Waals surface area contributed by atoms with Crippen molar-refractivity contribution >= 4 is 11.5 Å². The third-order valence-corrected chi connectivity index (χ3v) is 4.16. The van der Waals surface area contributed by atoms with E-state index < -0.39 is 0 Å². The largest absolute Gasteiger partial charge is 0.364 e. The first-order chi connectivity index (χ1) is 11.1. The van der Waals surface area contributed by atoms with Crippen LogP contribution in [0.25, 0.3) is 5.65 Å². The van der Waals surface area contributed by atoms with Crippen molar-refractivity contribution in [3.8, 4) is 0 Å². The Morgan fingerprint density at radius 1 is 1.22 bits per heavy atom. The highest BCUT2D eigenvalue weighted by atomic mass is 15.5. The van der Waals surface area contributed by atoms with E-state index in [1.54, 1.807) is 4.63 Å². The second-order valence-corrected chi connectivity index (χ2v) is 6.34. The molecular weight excluding hydrogens is 292 g/mol. The minimum atomic E-state index is 0.311. The number of hydrogen-bond acceptors (Lipinski definition) is 6. The zero-order valence-corrected chi connectivity index (χ0v) is 13.6. The van der Waals surface area contributed by atoms with Crippen LogP contribution in [0.4, 0.5) is 5.82 Å². The molecule has 0 bridgehead atoms. The van der Waals surface area contributed by atoms with Gasteiger partial charge in [-0.3, -0.25) is 0 Å². The van der Waals surface area contributed by atoms with Crippen LogP contribution in [0.15, 0.2) is 12.1 Å². The average Bonchev–Trinajstić information content (AvgIpc) is 3.08. The highest BCUT2D eigenvalue weighted by Crippen LogP contribution is 2.21. The highest BCUT2D eigenvalue weighted by molar-refractivity contribution is 5.44. The molecule has 8 heteroatoms. The van der Waals surface area contributed by atoms with Gasteiger partial charge in [0.2, 0.25) is 0 Å². The summed E-state index contributed by atoms with van der Waals surface area (Å²) in [7, 11) is 0. The first-order valence-electron chi connectivity index (χ1n) is 7.99. The molecule has 23 heavy (non-hydrogen) atoms. The predicted octanol–water partition coefficient (Wildman–Crippen LogP) is 1.57. The Morgan fingerprint density at radius 2 is 2.09 bits per heavy atom. The Morgan fingerprint density at radius 3 is 2.91 bits per heavy atom. The average molecular weight is 312 g/mol. The van der Waals surface area contributed by atoms with Crippen LogP contribution >= 0.6 is 0 Å². The molecule has 0 saturated carbocycles. The fourth-order valence-electron chi connectivity index (χ4n) is 3.07. The monoisotopic (exact) mass is 312 g/mol. The lowest BCUT2D eigenvalue weighted by atomic mass is 10.1. The molecule has 0 amide bonds. The number of nitrogens with zero attached hydrogens (tertiary/aromatic N) is 7. The molecule has 4 heterocycles. The van der Waals surface area contributed by atoms with Gasteiger partial charge in [0, 0.05) is 24.9 Å². The molecule has 4 rings (SSSR count). The van der Waals surface area contributed by atoms with Crippen LogP contribution in [0.2, 0.25) is 0 Å². The van der Waals surface area contributed by atoms with E-state index in [-0.39, 0.29) is 0 Å². The normalized spacial score (nSPS) is 17.7. The van der Waals surface area contributed by atoms with Crippen LogP contribution in [0, 0.1) is 6.92 Å². The minimum absolute atomic E-state index is 0.311. The molecule has 8 nitrogen and oxygen atoms in total. The molecule has 0 radical (unpaired) electrons. The van der Waals surface area contributed by atoms with Crippen molar-refractivity contribution in [3.63, 3.8) is 0 Å². The van der Waals surface area contributed by atoms with Gasteiger partial charge in [0.1, 0.15) is 23.3 Å². The molecule has 1 atom stereocenters. The van der Waals surface area contributed by atoms with Crippen molar-refractivity contribution in [1.29, 1.82) is 0 Å². The Hall–Kier alpha value is -2.51. The molecule has 1 aliphatic rings.